The van der Waals surface area contributed by atoms with Crippen molar-refractivity contribution in [1.82, 2.24) is 5.16 Å². The molecule has 0 amide bonds. The Balaban J connectivity index is 1.93. The number of hydrogen-bond acceptors (Lipinski definition) is 3. The van der Waals surface area contributed by atoms with Crippen LogP contribution in [0.5, 0.6) is 0 Å². The number of benzene rings is 2. The van der Waals surface area contributed by atoms with Crippen molar-refractivity contribution in [1.29, 1.82) is 0 Å². The summed E-state index contributed by atoms with van der Waals surface area (Å²) < 4.78 is 5.32. The van der Waals surface area contributed by atoms with Gasteiger partial charge in [0.15, 0.2) is 5.11 Å². The monoisotopic (exact) mass is 365 g/mol. The van der Waals surface area contributed by atoms with E-state index in [9.17, 15) is 0 Å². The van der Waals surface area contributed by atoms with E-state index in [4.69, 9.17) is 16.7 Å². The summed E-state index contributed by atoms with van der Waals surface area (Å²) in [6, 6.07) is 16.3. The zero-order valence-corrected chi connectivity index (χ0v) is 16.4. The number of thiocarbonyl (C=S) groups is 1. The predicted octanol–water partition coefficient (Wildman–Crippen LogP) is 5.31. The first-order valence-electron chi connectivity index (χ1n) is 8.59. The first-order valence-corrected chi connectivity index (χ1v) is 8.99. The zero-order chi connectivity index (χ0) is 18.7. The highest BCUT2D eigenvalue weighted by Gasteiger charge is 2.18. The standard InChI is InChI=1S/C21H23N3OS/c1-14-9-8-12-20(15(14)2)22-21(26)24(18-10-6-5-7-11-18)13-19-16(3)23-25-17(19)4/h5-12H,13H2,1-4H3,(H,22,26). The van der Waals surface area contributed by atoms with Crippen LogP contribution in [-0.4, -0.2) is 10.3 Å². The Morgan fingerprint density at radius 1 is 1.04 bits per heavy atom. The second kappa shape index (κ2) is 7.70. The van der Waals surface area contributed by atoms with Crippen LogP contribution >= 0.6 is 12.2 Å². The Kier molecular flexibility index (Phi) is 5.38. The molecule has 5 heteroatoms. The van der Waals surface area contributed by atoms with Gasteiger partial charge in [0.25, 0.3) is 0 Å². The molecule has 1 heterocycles. The summed E-state index contributed by atoms with van der Waals surface area (Å²) in [5.41, 5.74) is 6.41. The Morgan fingerprint density at radius 2 is 1.77 bits per heavy atom. The van der Waals surface area contributed by atoms with Crippen LogP contribution in [0.1, 0.15) is 28.1 Å². The number of nitrogens with zero attached hydrogens (tertiary/aromatic N) is 2. The maximum atomic E-state index is 5.77. The fourth-order valence-electron chi connectivity index (χ4n) is 2.84. The summed E-state index contributed by atoms with van der Waals surface area (Å²) in [5.74, 6) is 0.818. The average Bonchev–Trinajstić information content (AvgIpc) is 2.95. The van der Waals surface area contributed by atoms with Gasteiger partial charge >= 0.3 is 0 Å². The van der Waals surface area contributed by atoms with Crippen LogP contribution < -0.4 is 10.2 Å². The number of rotatable bonds is 4. The molecule has 0 aliphatic heterocycles. The van der Waals surface area contributed by atoms with Gasteiger partial charge in [0, 0.05) is 16.9 Å². The lowest BCUT2D eigenvalue weighted by Gasteiger charge is -2.26. The molecule has 4 nitrogen and oxygen atoms in total. The Bertz CT molecular complexity index is 899. The summed E-state index contributed by atoms with van der Waals surface area (Å²) >= 11 is 5.77. The highest BCUT2D eigenvalue weighted by Crippen LogP contribution is 2.24. The number of para-hydroxylation sites is 1. The first-order chi connectivity index (χ1) is 12.5. The van der Waals surface area contributed by atoms with Crippen molar-refractivity contribution in [2.75, 3.05) is 10.2 Å². The third-order valence-electron chi connectivity index (χ3n) is 4.66. The first kappa shape index (κ1) is 18.1. The largest absolute Gasteiger partial charge is 0.361 e. The van der Waals surface area contributed by atoms with Crippen molar-refractivity contribution < 1.29 is 4.52 Å². The van der Waals surface area contributed by atoms with Crippen molar-refractivity contribution >= 4 is 28.7 Å². The van der Waals surface area contributed by atoms with E-state index in [0.29, 0.717) is 11.7 Å². The van der Waals surface area contributed by atoms with E-state index in [1.807, 2.05) is 44.2 Å². The minimum Gasteiger partial charge on any atom is -0.361 e. The third kappa shape index (κ3) is 3.78. The van der Waals surface area contributed by atoms with Gasteiger partial charge in [-0.15, -0.1) is 0 Å². The lowest BCUT2D eigenvalue weighted by atomic mass is 10.1. The fraction of sp³-hybridized carbons (Fsp3) is 0.238. The molecule has 0 saturated carbocycles. The van der Waals surface area contributed by atoms with Crippen molar-refractivity contribution in [2.45, 2.75) is 34.2 Å². The molecule has 0 aliphatic rings. The molecule has 0 aliphatic carbocycles. The minimum atomic E-state index is 0.599. The molecule has 0 spiro atoms. The van der Waals surface area contributed by atoms with E-state index < -0.39 is 0 Å². The van der Waals surface area contributed by atoms with Gasteiger partial charge in [-0.1, -0.05) is 35.5 Å². The molecule has 1 N–H and O–H groups in total. The molecule has 0 atom stereocenters. The van der Waals surface area contributed by atoms with E-state index in [-0.39, 0.29) is 0 Å². The lowest BCUT2D eigenvalue weighted by molar-refractivity contribution is 0.392. The molecule has 0 fully saturated rings. The van der Waals surface area contributed by atoms with Crippen LogP contribution in [0, 0.1) is 27.7 Å². The summed E-state index contributed by atoms with van der Waals surface area (Å²) in [6.45, 7) is 8.68. The molecule has 26 heavy (non-hydrogen) atoms. The topological polar surface area (TPSA) is 41.3 Å². The molecule has 3 aromatic rings. The third-order valence-corrected chi connectivity index (χ3v) is 4.98. The molecule has 0 unspecified atom stereocenters. The molecule has 3 rings (SSSR count). The Labute approximate surface area is 159 Å². The molecule has 2 aromatic carbocycles. The van der Waals surface area contributed by atoms with Crippen molar-refractivity contribution in [2.24, 2.45) is 0 Å². The number of aryl methyl sites for hydroxylation is 3. The van der Waals surface area contributed by atoms with Crippen LogP contribution in [-0.2, 0) is 6.54 Å². The van der Waals surface area contributed by atoms with E-state index in [1.165, 1.54) is 11.1 Å². The zero-order valence-electron chi connectivity index (χ0n) is 15.5. The number of hydrogen-bond donors (Lipinski definition) is 1. The quantitative estimate of drug-likeness (QED) is 0.634. The van der Waals surface area contributed by atoms with E-state index in [2.05, 4.69) is 47.4 Å². The summed E-state index contributed by atoms with van der Waals surface area (Å²) in [5, 5.41) is 8.12. The summed E-state index contributed by atoms with van der Waals surface area (Å²) in [4.78, 5) is 2.07. The molecule has 0 bridgehead atoms. The van der Waals surface area contributed by atoms with Gasteiger partial charge in [-0.2, -0.15) is 0 Å². The smallest absolute Gasteiger partial charge is 0.178 e. The van der Waals surface area contributed by atoms with Gasteiger partial charge in [0.05, 0.1) is 12.2 Å². The number of anilines is 2. The van der Waals surface area contributed by atoms with Gasteiger partial charge in [-0.25, -0.2) is 0 Å². The lowest BCUT2D eigenvalue weighted by Crippen LogP contribution is -2.34. The van der Waals surface area contributed by atoms with Gasteiger partial charge < -0.3 is 14.7 Å². The van der Waals surface area contributed by atoms with Gasteiger partial charge in [0.2, 0.25) is 0 Å². The SMILES string of the molecule is Cc1cccc(NC(=S)N(Cc2c(C)noc2C)c2ccccc2)c1C. The normalized spacial score (nSPS) is 10.6. The molecule has 1 aromatic heterocycles. The fourth-order valence-corrected chi connectivity index (χ4v) is 3.12. The molecule has 134 valence electrons. The van der Waals surface area contributed by atoms with E-state index in [0.717, 1.165) is 28.4 Å². The van der Waals surface area contributed by atoms with Crippen molar-refractivity contribution in [3.05, 3.63) is 76.7 Å². The molecule has 0 radical (unpaired) electrons. The average molecular weight is 366 g/mol. The van der Waals surface area contributed by atoms with Crippen LogP contribution in [0.4, 0.5) is 11.4 Å². The molecule has 0 saturated heterocycles. The van der Waals surface area contributed by atoms with Crippen LogP contribution in [0.2, 0.25) is 0 Å². The predicted molar refractivity (Wildman–Crippen MR) is 111 cm³/mol. The van der Waals surface area contributed by atoms with Gasteiger partial charge in [-0.05, 0) is 69.2 Å². The number of nitrogens with one attached hydrogen (secondary N) is 1. The highest BCUT2D eigenvalue weighted by atomic mass is 32.1. The summed E-state index contributed by atoms with van der Waals surface area (Å²) in [7, 11) is 0. The number of aromatic nitrogens is 1. The maximum Gasteiger partial charge on any atom is 0.178 e. The second-order valence-electron chi connectivity index (χ2n) is 6.40. The van der Waals surface area contributed by atoms with Gasteiger partial charge in [-0.3, -0.25) is 0 Å². The van der Waals surface area contributed by atoms with Crippen LogP contribution in [0.15, 0.2) is 53.1 Å². The Hall–Kier alpha value is -2.66. The molecular weight excluding hydrogens is 342 g/mol. The van der Waals surface area contributed by atoms with Crippen LogP contribution in [0.25, 0.3) is 0 Å². The van der Waals surface area contributed by atoms with Crippen molar-refractivity contribution in [3.8, 4) is 0 Å². The van der Waals surface area contributed by atoms with E-state index in [1.54, 1.807) is 0 Å². The van der Waals surface area contributed by atoms with Crippen molar-refractivity contribution in [3.63, 3.8) is 0 Å². The van der Waals surface area contributed by atoms with Gasteiger partial charge in [0.1, 0.15) is 5.76 Å². The van der Waals surface area contributed by atoms with Crippen LogP contribution in [0.3, 0.4) is 0 Å². The second-order valence-corrected chi connectivity index (χ2v) is 6.79. The van der Waals surface area contributed by atoms with E-state index >= 15 is 0 Å². The minimum absolute atomic E-state index is 0.599. The molecular formula is C21H23N3OS. The maximum absolute atomic E-state index is 5.77. The highest BCUT2D eigenvalue weighted by molar-refractivity contribution is 7.80. The Morgan fingerprint density at radius 3 is 2.42 bits per heavy atom. The summed E-state index contributed by atoms with van der Waals surface area (Å²) in [6.07, 6.45) is 0.